The summed E-state index contributed by atoms with van der Waals surface area (Å²) >= 11 is 0. The molecule has 8 nitrogen and oxygen atoms in total. The topological polar surface area (TPSA) is 131 Å². The molecule has 0 spiro atoms. The second-order valence-electron chi connectivity index (χ2n) is 19.2. The number of amides is 1. The summed E-state index contributed by atoms with van der Waals surface area (Å²) in [5.41, 5.74) is 5.40. The van der Waals surface area contributed by atoms with Crippen LogP contribution in [0.4, 0.5) is 0 Å². The molecular formula is C54H109N2O6P. The van der Waals surface area contributed by atoms with E-state index in [1.807, 2.05) is 6.08 Å². The third-order valence-electron chi connectivity index (χ3n) is 12.9. The van der Waals surface area contributed by atoms with Crippen LogP contribution in [0.1, 0.15) is 296 Å². The largest absolute Gasteiger partial charge is 0.472 e. The zero-order valence-corrected chi connectivity index (χ0v) is 43.0. The number of aliphatic hydroxyl groups is 1. The third kappa shape index (κ3) is 49.0. The summed E-state index contributed by atoms with van der Waals surface area (Å²) in [5, 5.41) is 13.8. The maximum absolute atomic E-state index is 12.8. The molecule has 0 rings (SSSR count). The van der Waals surface area contributed by atoms with Gasteiger partial charge in [-0.1, -0.05) is 283 Å². The third-order valence-corrected chi connectivity index (χ3v) is 13.8. The average molecular weight is 913 g/mol. The quantitative estimate of drug-likeness (QED) is 0.0271. The number of hydrogen-bond acceptors (Lipinski definition) is 6. The van der Waals surface area contributed by atoms with Crippen molar-refractivity contribution in [1.29, 1.82) is 0 Å². The van der Waals surface area contributed by atoms with Crippen molar-refractivity contribution in [1.82, 2.24) is 5.32 Å². The molecule has 0 aromatic rings. The van der Waals surface area contributed by atoms with Gasteiger partial charge in [0.05, 0.1) is 25.4 Å². The van der Waals surface area contributed by atoms with E-state index >= 15 is 0 Å². The number of unbranched alkanes of at least 4 members (excludes halogenated alkanes) is 41. The Morgan fingerprint density at radius 1 is 0.508 bits per heavy atom. The second-order valence-corrected chi connectivity index (χ2v) is 20.6. The van der Waals surface area contributed by atoms with Crippen LogP contribution in [0.3, 0.4) is 0 Å². The normalized spacial score (nSPS) is 13.8. The van der Waals surface area contributed by atoms with Crippen molar-refractivity contribution in [3.05, 3.63) is 12.2 Å². The fourth-order valence-corrected chi connectivity index (χ4v) is 9.43. The number of nitrogens with two attached hydrogens (primary N) is 1. The molecule has 0 saturated heterocycles. The zero-order chi connectivity index (χ0) is 46.0. The minimum Gasteiger partial charge on any atom is -0.387 e. The van der Waals surface area contributed by atoms with E-state index in [9.17, 15) is 19.4 Å². The highest BCUT2D eigenvalue weighted by molar-refractivity contribution is 7.47. The van der Waals surface area contributed by atoms with Gasteiger partial charge in [-0.3, -0.25) is 13.8 Å². The van der Waals surface area contributed by atoms with Gasteiger partial charge in [0, 0.05) is 13.0 Å². The van der Waals surface area contributed by atoms with Gasteiger partial charge in [0.15, 0.2) is 0 Å². The lowest BCUT2D eigenvalue weighted by Gasteiger charge is -2.23. The molecule has 0 aliphatic rings. The predicted octanol–water partition coefficient (Wildman–Crippen LogP) is 16.7. The first-order chi connectivity index (χ1) is 30.9. The van der Waals surface area contributed by atoms with E-state index in [-0.39, 0.29) is 25.7 Å². The molecule has 0 saturated carbocycles. The number of allylic oxidation sites excluding steroid dienone is 1. The van der Waals surface area contributed by atoms with E-state index in [4.69, 9.17) is 14.8 Å². The monoisotopic (exact) mass is 913 g/mol. The van der Waals surface area contributed by atoms with Crippen molar-refractivity contribution in [2.24, 2.45) is 5.73 Å². The number of carbonyl (C=O) groups is 1. The van der Waals surface area contributed by atoms with Crippen molar-refractivity contribution in [3.63, 3.8) is 0 Å². The highest BCUT2D eigenvalue weighted by Crippen LogP contribution is 2.43. The Morgan fingerprint density at radius 2 is 0.810 bits per heavy atom. The van der Waals surface area contributed by atoms with Gasteiger partial charge >= 0.3 is 7.82 Å². The number of nitrogens with one attached hydrogen (secondary N) is 1. The molecule has 376 valence electrons. The molecule has 9 heteroatoms. The summed E-state index contributed by atoms with van der Waals surface area (Å²) in [4.78, 5) is 22.8. The Kier molecular flexibility index (Phi) is 50.0. The molecule has 1 unspecified atom stereocenters. The van der Waals surface area contributed by atoms with Crippen LogP contribution in [0.15, 0.2) is 12.2 Å². The summed E-state index contributed by atoms with van der Waals surface area (Å²) < 4.78 is 22.2. The first-order valence-electron chi connectivity index (χ1n) is 27.8. The molecule has 0 heterocycles. The van der Waals surface area contributed by atoms with Crippen LogP contribution < -0.4 is 11.1 Å². The number of carbonyl (C=O) groups excluding carboxylic acids is 1. The predicted molar refractivity (Wildman–Crippen MR) is 272 cm³/mol. The minimum absolute atomic E-state index is 0.0817. The van der Waals surface area contributed by atoms with E-state index in [1.54, 1.807) is 6.08 Å². The first-order valence-corrected chi connectivity index (χ1v) is 29.3. The molecule has 0 aliphatic heterocycles. The van der Waals surface area contributed by atoms with Crippen LogP contribution in [0.25, 0.3) is 0 Å². The number of phosphoric ester groups is 1. The summed E-state index contributed by atoms with van der Waals surface area (Å²) in [5.74, 6) is -0.186. The Morgan fingerprint density at radius 3 is 1.13 bits per heavy atom. The lowest BCUT2D eigenvalue weighted by Crippen LogP contribution is -2.45. The fourth-order valence-electron chi connectivity index (χ4n) is 8.67. The molecular weight excluding hydrogens is 804 g/mol. The number of hydrogen-bond donors (Lipinski definition) is 4. The maximum atomic E-state index is 12.8. The molecule has 3 atom stereocenters. The summed E-state index contributed by atoms with van der Waals surface area (Å²) in [6, 6.07) is -0.856. The molecule has 1 amide bonds. The van der Waals surface area contributed by atoms with Crippen molar-refractivity contribution in [3.8, 4) is 0 Å². The number of aliphatic hydroxyl groups excluding tert-OH is 1. The second kappa shape index (κ2) is 50.6. The van der Waals surface area contributed by atoms with E-state index in [1.165, 1.54) is 238 Å². The van der Waals surface area contributed by atoms with E-state index in [2.05, 4.69) is 19.2 Å². The van der Waals surface area contributed by atoms with Crippen LogP contribution in [-0.2, 0) is 18.4 Å². The first kappa shape index (κ1) is 62.2. The SMILES string of the molecule is CCCCCCCCCCCCCCCCC/C=C/[C@@H](O)[C@H](COP(=O)(O)OCCN)NC(=O)CCCCCCCCCCCCCCCCCCCCCCCCCCCCC. The van der Waals surface area contributed by atoms with Crippen LogP contribution in [0.2, 0.25) is 0 Å². The summed E-state index contributed by atoms with van der Waals surface area (Å²) in [6.07, 6.45) is 60.1. The molecule has 0 radical (unpaired) electrons. The van der Waals surface area contributed by atoms with Crippen molar-refractivity contribution >= 4 is 13.7 Å². The lowest BCUT2D eigenvalue weighted by molar-refractivity contribution is -0.123. The van der Waals surface area contributed by atoms with Crippen LogP contribution in [0.5, 0.6) is 0 Å². The Bertz CT molecular complexity index is 999. The van der Waals surface area contributed by atoms with Gasteiger partial charge in [-0.2, -0.15) is 0 Å². The standard InChI is InChI=1S/C54H109N2O6P/c1-3-5-7-9-11-13-15-17-19-21-22-23-24-25-26-27-28-29-30-32-34-36-38-40-42-44-46-48-54(58)56-52(51-62-63(59,60)61-50-49-55)53(57)47-45-43-41-39-37-35-33-31-20-18-16-14-12-10-8-6-4-2/h45,47,52-53,57H,3-44,46,48-51,55H2,1-2H3,(H,56,58)(H,59,60)/b47-45+/t52-,53+/m0/s1. The van der Waals surface area contributed by atoms with Gasteiger partial charge in [0.1, 0.15) is 0 Å². The lowest BCUT2D eigenvalue weighted by atomic mass is 10.0. The zero-order valence-electron chi connectivity index (χ0n) is 42.1. The molecule has 0 bridgehead atoms. The van der Waals surface area contributed by atoms with Gasteiger partial charge in [-0.25, -0.2) is 4.57 Å². The fraction of sp³-hybridized carbons (Fsp3) is 0.944. The van der Waals surface area contributed by atoms with E-state index < -0.39 is 20.0 Å². The highest BCUT2D eigenvalue weighted by atomic mass is 31.2. The van der Waals surface area contributed by atoms with Gasteiger partial charge in [0.2, 0.25) is 5.91 Å². The van der Waals surface area contributed by atoms with Gasteiger partial charge in [-0.05, 0) is 19.3 Å². The van der Waals surface area contributed by atoms with Crippen molar-refractivity contribution in [2.75, 3.05) is 19.8 Å². The molecule has 5 N–H and O–H groups in total. The van der Waals surface area contributed by atoms with Gasteiger partial charge in [0.25, 0.3) is 0 Å². The van der Waals surface area contributed by atoms with E-state index in [0.717, 1.165) is 38.5 Å². The Labute approximate surface area is 392 Å². The van der Waals surface area contributed by atoms with Gasteiger partial charge < -0.3 is 21.1 Å². The summed E-state index contributed by atoms with van der Waals surface area (Å²) in [7, 11) is -4.34. The van der Waals surface area contributed by atoms with Crippen LogP contribution >= 0.6 is 7.82 Å². The van der Waals surface area contributed by atoms with Crippen molar-refractivity contribution < 1.29 is 28.4 Å². The number of phosphoric acid groups is 1. The average Bonchev–Trinajstić information content (AvgIpc) is 3.27. The number of rotatable bonds is 53. The molecule has 0 fully saturated rings. The Hall–Kier alpha value is -0.760. The summed E-state index contributed by atoms with van der Waals surface area (Å²) in [6.45, 7) is 4.19. The molecule has 0 aromatic heterocycles. The molecule has 63 heavy (non-hydrogen) atoms. The smallest absolute Gasteiger partial charge is 0.387 e. The minimum atomic E-state index is -4.34. The van der Waals surface area contributed by atoms with Crippen LogP contribution in [-0.4, -0.2) is 47.8 Å². The van der Waals surface area contributed by atoms with Gasteiger partial charge in [-0.15, -0.1) is 0 Å². The molecule has 0 aliphatic carbocycles. The molecule has 0 aromatic carbocycles. The van der Waals surface area contributed by atoms with E-state index in [0.29, 0.717) is 6.42 Å². The highest BCUT2D eigenvalue weighted by Gasteiger charge is 2.27. The van der Waals surface area contributed by atoms with Crippen LogP contribution in [0, 0.1) is 0 Å². The maximum Gasteiger partial charge on any atom is 0.472 e. The van der Waals surface area contributed by atoms with Crippen molar-refractivity contribution in [2.45, 2.75) is 309 Å². The Balaban J connectivity index is 3.94.